The summed E-state index contributed by atoms with van der Waals surface area (Å²) >= 11 is 0. The summed E-state index contributed by atoms with van der Waals surface area (Å²) in [5, 5.41) is 12.4. The second-order valence-electron chi connectivity index (χ2n) is 6.20. The van der Waals surface area contributed by atoms with Crippen molar-refractivity contribution in [2.75, 3.05) is 19.8 Å². The van der Waals surface area contributed by atoms with Gasteiger partial charge in [0.15, 0.2) is 0 Å². The number of amides is 1. The zero-order valence-corrected chi connectivity index (χ0v) is 12.5. The van der Waals surface area contributed by atoms with Crippen LogP contribution in [-0.2, 0) is 9.53 Å². The van der Waals surface area contributed by atoms with Gasteiger partial charge in [-0.1, -0.05) is 19.3 Å². The molecule has 0 saturated heterocycles. The molecule has 0 atom stereocenters. The van der Waals surface area contributed by atoms with Gasteiger partial charge in [-0.15, -0.1) is 0 Å². The minimum absolute atomic E-state index is 0.0186. The third-order valence-corrected chi connectivity index (χ3v) is 4.77. The van der Waals surface area contributed by atoms with Crippen molar-refractivity contribution < 1.29 is 14.6 Å². The number of aliphatic hydroxyl groups excluding tert-OH is 1. The fraction of sp³-hybridized carbons (Fsp3) is 0.812. The Kier molecular flexibility index (Phi) is 5.46. The standard InChI is InChI=1S/C16H27NO3/c1-13-14(6-5-11-20-13)15(19)17-12-16(9-10-18)7-3-2-4-8-16/h18H,2-12H2,1H3,(H,17,19). The van der Waals surface area contributed by atoms with E-state index in [2.05, 4.69) is 5.32 Å². The topological polar surface area (TPSA) is 58.6 Å². The summed E-state index contributed by atoms with van der Waals surface area (Å²) in [5.41, 5.74) is 0.901. The maximum absolute atomic E-state index is 12.3. The molecule has 1 heterocycles. The third kappa shape index (κ3) is 3.75. The van der Waals surface area contributed by atoms with E-state index in [-0.39, 0.29) is 17.9 Å². The average Bonchev–Trinajstić information content (AvgIpc) is 2.47. The lowest BCUT2D eigenvalue weighted by Gasteiger charge is -2.37. The van der Waals surface area contributed by atoms with Gasteiger partial charge < -0.3 is 15.2 Å². The molecule has 1 amide bonds. The summed E-state index contributed by atoms with van der Waals surface area (Å²) < 4.78 is 5.45. The summed E-state index contributed by atoms with van der Waals surface area (Å²) in [4.78, 5) is 12.3. The molecule has 0 aromatic rings. The van der Waals surface area contributed by atoms with Gasteiger partial charge in [-0.05, 0) is 44.4 Å². The molecule has 0 aromatic carbocycles. The monoisotopic (exact) mass is 281 g/mol. The van der Waals surface area contributed by atoms with Gasteiger partial charge in [-0.25, -0.2) is 0 Å². The highest BCUT2D eigenvalue weighted by Gasteiger charge is 2.32. The van der Waals surface area contributed by atoms with Gasteiger partial charge in [0.2, 0.25) is 0 Å². The van der Waals surface area contributed by atoms with Gasteiger partial charge in [0.1, 0.15) is 5.76 Å². The Morgan fingerprint density at radius 2 is 2.05 bits per heavy atom. The number of rotatable bonds is 5. The maximum Gasteiger partial charge on any atom is 0.250 e. The third-order valence-electron chi connectivity index (χ3n) is 4.77. The van der Waals surface area contributed by atoms with Crippen LogP contribution in [0.1, 0.15) is 58.3 Å². The van der Waals surface area contributed by atoms with E-state index >= 15 is 0 Å². The molecular weight excluding hydrogens is 254 g/mol. The number of nitrogens with one attached hydrogen (secondary N) is 1. The molecule has 1 fully saturated rings. The summed E-state index contributed by atoms with van der Waals surface area (Å²) in [6.07, 6.45) is 8.44. The predicted molar refractivity (Wildman–Crippen MR) is 78.1 cm³/mol. The van der Waals surface area contributed by atoms with Crippen LogP contribution >= 0.6 is 0 Å². The lowest BCUT2D eigenvalue weighted by molar-refractivity contribution is -0.118. The highest BCUT2D eigenvalue weighted by atomic mass is 16.5. The molecular formula is C16H27NO3. The molecule has 0 bridgehead atoms. The Balaban J connectivity index is 1.93. The highest BCUT2D eigenvalue weighted by molar-refractivity contribution is 5.93. The zero-order chi connectivity index (χ0) is 14.4. The molecule has 0 unspecified atom stereocenters. The molecule has 114 valence electrons. The van der Waals surface area contributed by atoms with Crippen molar-refractivity contribution in [1.29, 1.82) is 0 Å². The summed E-state index contributed by atoms with van der Waals surface area (Å²) in [6.45, 7) is 3.49. The molecule has 4 heteroatoms. The van der Waals surface area contributed by atoms with Crippen LogP contribution in [0.2, 0.25) is 0 Å². The maximum atomic E-state index is 12.3. The first-order valence-electron chi connectivity index (χ1n) is 7.88. The Morgan fingerprint density at radius 1 is 1.30 bits per heavy atom. The smallest absolute Gasteiger partial charge is 0.250 e. The van der Waals surface area contributed by atoms with Gasteiger partial charge in [0.05, 0.1) is 12.2 Å². The molecule has 4 nitrogen and oxygen atoms in total. The van der Waals surface area contributed by atoms with Gasteiger partial charge in [0, 0.05) is 13.2 Å². The van der Waals surface area contributed by atoms with Crippen LogP contribution in [0.25, 0.3) is 0 Å². The second-order valence-corrected chi connectivity index (χ2v) is 6.20. The Labute approximate surface area is 121 Å². The van der Waals surface area contributed by atoms with Crippen LogP contribution in [0.5, 0.6) is 0 Å². The van der Waals surface area contributed by atoms with E-state index in [9.17, 15) is 9.90 Å². The van der Waals surface area contributed by atoms with E-state index in [1.54, 1.807) is 0 Å². The fourth-order valence-corrected chi connectivity index (χ4v) is 3.44. The van der Waals surface area contributed by atoms with Crippen LogP contribution in [0.4, 0.5) is 0 Å². The van der Waals surface area contributed by atoms with E-state index in [1.165, 1.54) is 19.3 Å². The molecule has 0 radical (unpaired) electrons. The van der Waals surface area contributed by atoms with Gasteiger partial charge in [-0.3, -0.25) is 4.79 Å². The zero-order valence-electron chi connectivity index (χ0n) is 12.5. The second kappa shape index (κ2) is 7.11. The summed E-state index contributed by atoms with van der Waals surface area (Å²) in [7, 11) is 0. The first-order chi connectivity index (χ1) is 9.67. The van der Waals surface area contributed by atoms with E-state index in [4.69, 9.17) is 4.74 Å². The average molecular weight is 281 g/mol. The van der Waals surface area contributed by atoms with Crippen LogP contribution < -0.4 is 5.32 Å². The van der Waals surface area contributed by atoms with Crippen molar-refractivity contribution in [3.05, 3.63) is 11.3 Å². The van der Waals surface area contributed by atoms with Gasteiger partial charge in [0.25, 0.3) is 5.91 Å². The summed E-state index contributed by atoms with van der Waals surface area (Å²) in [5.74, 6) is 0.790. The molecule has 2 rings (SSSR count). The largest absolute Gasteiger partial charge is 0.498 e. The minimum Gasteiger partial charge on any atom is -0.498 e. The molecule has 1 saturated carbocycles. The van der Waals surface area contributed by atoms with Crippen LogP contribution in [0.3, 0.4) is 0 Å². The Morgan fingerprint density at radius 3 is 2.70 bits per heavy atom. The molecule has 1 aliphatic heterocycles. The van der Waals surface area contributed by atoms with Gasteiger partial charge >= 0.3 is 0 Å². The number of hydrogen-bond donors (Lipinski definition) is 2. The van der Waals surface area contributed by atoms with Crippen LogP contribution in [0.15, 0.2) is 11.3 Å². The number of allylic oxidation sites excluding steroid dienone is 1. The van der Waals surface area contributed by atoms with Crippen LogP contribution in [0, 0.1) is 5.41 Å². The van der Waals surface area contributed by atoms with Gasteiger partial charge in [-0.2, -0.15) is 0 Å². The Hall–Kier alpha value is -1.03. The van der Waals surface area contributed by atoms with Crippen molar-refractivity contribution in [2.45, 2.75) is 58.3 Å². The number of hydrogen-bond acceptors (Lipinski definition) is 3. The minimum atomic E-state index is 0.0186. The number of aliphatic hydroxyl groups is 1. The summed E-state index contributed by atoms with van der Waals surface area (Å²) in [6, 6.07) is 0. The van der Waals surface area contributed by atoms with Crippen molar-refractivity contribution >= 4 is 5.91 Å². The van der Waals surface area contributed by atoms with E-state index in [1.807, 2.05) is 6.92 Å². The quantitative estimate of drug-likeness (QED) is 0.814. The van der Waals surface area contributed by atoms with Crippen LogP contribution in [-0.4, -0.2) is 30.8 Å². The molecule has 0 spiro atoms. The van der Waals surface area contributed by atoms with E-state index in [0.29, 0.717) is 6.54 Å². The van der Waals surface area contributed by atoms with E-state index < -0.39 is 0 Å². The first kappa shape index (κ1) is 15.4. The van der Waals surface area contributed by atoms with Crippen molar-refractivity contribution in [2.24, 2.45) is 5.41 Å². The highest BCUT2D eigenvalue weighted by Crippen LogP contribution is 2.38. The Bertz CT molecular complexity index is 364. The molecule has 20 heavy (non-hydrogen) atoms. The SMILES string of the molecule is CC1=C(C(=O)NCC2(CCO)CCCCC2)CCCO1. The lowest BCUT2D eigenvalue weighted by atomic mass is 9.72. The van der Waals surface area contributed by atoms with Crippen molar-refractivity contribution in [1.82, 2.24) is 5.32 Å². The number of ether oxygens (including phenoxy) is 1. The molecule has 2 N–H and O–H groups in total. The number of carbonyl (C=O) groups excluding carboxylic acids is 1. The predicted octanol–water partition coefficient (Wildman–Crippen LogP) is 2.52. The van der Waals surface area contributed by atoms with Crippen molar-refractivity contribution in [3.63, 3.8) is 0 Å². The molecule has 2 aliphatic rings. The first-order valence-corrected chi connectivity index (χ1v) is 7.88. The molecule has 1 aliphatic carbocycles. The normalized spacial score (nSPS) is 22.3. The molecule has 0 aromatic heterocycles. The fourth-order valence-electron chi connectivity index (χ4n) is 3.44. The van der Waals surface area contributed by atoms with E-state index in [0.717, 1.165) is 50.0 Å². The number of carbonyl (C=O) groups is 1. The van der Waals surface area contributed by atoms with Crippen molar-refractivity contribution in [3.8, 4) is 0 Å². The lowest BCUT2D eigenvalue weighted by Crippen LogP contribution is -2.40.